The second kappa shape index (κ2) is 10.7. The molecule has 9 nitrogen and oxygen atoms in total. The maximum atomic E-state index is 15.3. The molecule has 36 heavy (non-hydrogen) atoms. The van der Waals surface area contributed by atoms with Gasteiger partial charge in [-0.05, 0) is 35.9 Å². The number of hydrogen-bond donors (Lipinski definition) is 1. The van der Waals surface area contributed by atoms with Crippen molar-refractivity contribution < 1.29 is 28.2 Å². The lowest BCUT2D eigenvalue weighted by molar-refractivity contribution is -0.132. The number of pyridine rings is 1. The van der Waals surface area contributed by atoms with E-state index in [2.05, 4.69) is 15.4 Å². The number of amides is 1. The molecule has 10 heteroatoms. The third kappa shape index (κ3) is 5.02. The molecule has 1 amide bonds. The summed E-state index contributed by atoms with van der Waals surface area (Å²) in [6.45, 7) is 1.39. The summed E-state index contributed by atoms with van der Waals surface area (Å²) in [4.78, 5) is 29.7. The molecule has 2 aromatic carbocycles. The minimum atomic E-state index is -0.692. The standard InChI is InChI=1S/C26H23FN4O5/c1-16(32)36-25-23(26(33)31(30-25)21-8-4-5-9-22(21)35-3)24(29-15-17-7-6-12-28-14-17)19-11-10-18(34-2)13-20(19)27/h4-14,29H,15H2,1-3H3/b24-23+. The van der Waals surface area contributed by atoms with Gasteiger partial charge in [0, 0.05) is 37.5 Å². The van der Waals surface area contributed by atoms with Crippen molar-refractivity contribution in [1.29, 1.82) is 0 Å². The first-order valence-corrected chi connectivity index (χ1v) is 10.9. The van der Waals surface area contributed by atoms with E-state index in [0.717, 1.165) is 10.6 Å². The van der Waals surface area contributed by atoms with E-state index in [1.165, 1.54) is 33.3 Å². The Labute approximate surface area is 206 Å². The fourth-order valence-corrected chi connectivity index (χ4v) is 3.61. The van der Waals surface area contributed by atoms with Crippen LogP contribution in [0.1, 0.15) is 18.1 Å². The molecule has 1 N–H and O–H groups in total. The third-order valence-corrected chi connectivity index (χ3v) is 5.25. The van der Waals surface area contributed by atoms with Crippen LogP contribution >= 0.6 is 0 Å². The highest BCUT2D eigenvalue weighted by Gasteiger charge is 2.38. The molecule has 0 fully saturated rings. The molecular weight excluding hydrogens is 467 g/mol. The molecule has 0 atom stereocenters. The number of benzene rings is 2. The zero-order valence-electron chi connectivity index (χ0n) is 19.8. The molecular formula is C26H23FN4O5. The van der Waals surface area contributed by atoms with E-state index in [1.807, 2.05) is 6.07 Å². The lowest BCUT2D eigenvalue weighted by Crippen LogP contribution is -2.26. The van der Waals surface area contributed by atoms with E-state index in [9.17, 15) is 9.59 Å². The van der Waals surface area contributed by atoms with Crippen molar-refractivity contribution in [3.8, 4) is 11.5 Å². The summed E-state index contributed by atoms with van der Waals surface area (Å²) in [5.74, 6) is -1.58. The fraction of sp³-hybridized carbons (Fsp3) is 0.154. The first-order chi connectivity index (χ1) is 17.4. The number of halogens is 1. The molecule has 0 saturated heterocycles. The van der Waals surface area contributed by atoms with Gasteiger partial charge in [0.05, 0.1) is 19.9 Å². The Morgan fingerprint density at radius 1 is 1.08 bits per heavy atom. The second-order valence-electron chi connectivity index (χ2n) is 7.60. The topological polar surface area (TPSA) is 102 Å². The van der Waals surface area contributed by atoms with Crippen LogP contribution in [-0.4, -0.2) is 37.0 Å². The largest absolute Gasteiger partial charge is 0.497 e. The number of nitrogens with one attached hydrogen (secondary N) is 1. The molecule has 1 aliphatic heterocycles. The van der Waals surface area contributed by atoms with Crippen molar-refractivity contribution in [2.45, 2.75) is 13.5 Å². The second-order valence-corrected chi connectivity index (χ2v) is 7.60. The van der Waals surface area contributed by atoms with Crippen LogP contribution < -0.4 is 19.8 Å². The van der Waals surface area contributed by atoms with Gasteiger partial charge in [-0.25, -0.2) is 4.39 Å². The number of hydrogen-bond acceptors (Lipinski definition) is 8. The van der Waals surface area contributed by atoms with Gasteiger partial charge >= 0.3 is 5.97 Å². The van der Waals surface area contributed by atoms with Gasteiger partial charge in [-0.15, -0.1) is 5.10 Å². The third-order valence-electron chi connectivity index (χ3n) is 5.25. The highest BCUT2D eigenvalue weighted by atomic mass is 19.1. The molecule has 0 bridgehead atoms. The summed E-state index contributed by atoms with van der Waals surface area (Å²) in [5, 5.41) is 8.42. The van der Waals surface area contributed by atoms with Gasteiger partial charge in [0.15, 0.2) is 0 Å². The number of esters is 1. The van der Waals surface area contributed by atoms with Crippen LogP contribution in [0.3, 0.4) is 0 Å². The molecule has 4 rings (SSSR count). The van der Waals surface area contributed by atoms with E-state index in [0.29, 0.717) is 17.2 Å². The number of methoxy groups -OCH3 is 2. The Morgan fingerprint density at radius 3 is 2.56 bits per heavy atom. The summed E-state index contributed by atoms with van der Waals surface area (Å²) >= 11 is 0. The van der Waals surface area contributed by atoms with Crippen LogP contribution in [0.25, 0.3) is 5.70 Å². The lowest BCUT2D eigenvalue weighted by atomic mass is 10.0. The summed E-state index contributed by atoms with van der Waals surface area (Å²) in [6.07, 6.45) is 3.27. The Balaban J connectivity index is 1.88. The molecule has 0 unspecified atom stereocenters. The first kappa shape index (κ1) is 24.4. The molecule has 1 aromatic heterocycles. The number of carbonyl (C=O) groups excluding carboxylic acids is 2. The number of aromatic nitrogens is 1. The number of nitrogens with zero attached hydrogens (tertiary/aromatic N) is 3. The summed E-state index contributed by atoms with van der Waals surface area (Å²) in [6, 6.07) is 14.5. The van der Waals surface area contributed by atoms with Crippen LogP contribution in [0.5, 0.6) is 11.5 Å². The SMILES string of the molecule is COc1ccc(/C(NCc2cccnc2)=C2\C(=O)N(c3ccccc3OC)N=C2OC(C)=O)c(F)c1. The molecule has 1 aliphatic rings. The Bertz CT molecular complexity index is 1360. The van der Waals surface area contributed by atoms with Crippen molar-refractivity contribution in [1.82, 2.24) is 10.3 Å². The van der Waals surface area contributed by atoms with Crippen molar-refractivity contribution in [3.05, 3.63) is 89.5 Å². The fourth-order valence-electron chi connectivity index (χ4n) is 3.61. The molecule has 3 aromatic rings. The Kier molecular flexibility index (Phi) is 7.24. The van der Waals surface area contributed by atoms with Crippen LogP contribution in [-0.2, 0) is 20.9 Å². The molecule has 0 saturated carbocycles. The van der Waals surface area contributed by atoms with Crippen molar-refractivity contribution in [2.24, 2.45) is 5.10 Å². The van der Waals surface area contributed by atoms with Gasteiger partial charge in [0.1, 0.15) is 28.6 Å². The Hall–Kier alpha value is -4.73. The first-order valence-electron chi connectivity index (χ1n) is 10.9. The zero-order valence-corrected chi connectivity index (χ0v) is 19.8. The van der Waals surface area contributed by atoms with Crippen LogP contribution in [0.2, 0.25) is 0 Å². The predicted octanol–water partition coefficient (Wildman–Crippen LogP) is 3.66. The van der Waals surface area contributed by atoms with Crippen LogP contribution in [0, 0.1) is 5.82 Å². The number of carbonyl (C=O) groups is 2. The van der Waals surface area contributed by atoms with Gasteiger partial charge in [-0.1, -0.05) is 18.2 Å². The minimum Gasteiger partial charge on any atom is -0.497 e. The van der Waals surface area contributed by atoms with E-state index in [-0.39, 0.29) is 29.3 Å². The quantitative estimate of drug-likeness (QED) is 0.398. The minimum absolute atomic E-state index is 0.0600. The summed E-state index contributed by atoms with van der Waals surface area (Å²) in [7, 11) is 2.88. The number of hydrazone groups is 1. The van der Waals surface area contributed by atoms with Gasteiger partial charge in [0.2, 0.25) is 0 Å². The van der Waals surface area contributed by atoms with Crippen LogP contribution in [0.15, 0.2) is 77.7 Å². The Morgan fingerprint density at radius 2 is 1.89 bits per heavy atom. The number of rotatable bonds is 7. The van der Waals surface area contributed by atoms with Crippen molar-refractivity contribution in [2.75, 3.05) is 19.2 Å². The molecule has 0 radical (unpaired) electrons. The van der Waals surface area contributed by atoms with Crippen molar-refractivity contribution >= 4 is 29.2 Å². The summed E-state index contributed by atoms with van der Waals surface area (Å²) in [5.41, 5.74) is 1.13. The van der Waals surface area contributed by atoms with E-state index >= 15 is 4.39 Å². The number of ether oxygens (including phenoxy) is 3. The molecule has 184 valence electrons. The predicted molar refractivity (Wildman–Crippen MR) is 131 cm³/mol. The van der Waals surface area contributed by atoms with E-state index in [4.69, 9.17) is 14.2 Å². The normalized spacial score (nSPS) is 14.3. The maximum absolute atomic E-state index is 15.3. The molecule has 2 heterocycles. The highest BCUT2D eigenvalue weighted by molar-refractivity contribution is 6.33. The highest BCUT2D eigenvalue weighted by Crippen LogP contribution is 2.35. The maximum Gasteiger partial charge on any atom is 0.309 e. The van der Waals surface area contributed by atoms with Crippen molar-refractivity contribution in [3.63, 3.8) is 0 Å². The van der Waals surface area contributed by atoms with Gasteiger partial charge in [-0.3, -0.25) is 14.6 Å². The average molecular weight is 490 g/mol. The number of anilines is 1. The molecule has 0 aliphatic carbocycles. The van der Waals surface area contributed by atoms with E-state index in [1.54, 1.807) is 48.8 Å². The number of para-hydroxylation sites is 2. The van der Waals surface area contributed by atoms with Gasteiger partial charge < -0.3 is 19.5 Å². The average Bonchev–Trinajstić information content (AvgIpc) is 3.20. The molecule has 0 spiro atoms. The van der Waals surface area contributed by atoms with Gasteiger partial charge in [0.25, 0.3) is 11.8 Å². The van der Waals surface area contributed by atoms with Crippen LogP contribution in [0.4, 0.5) is 10.1 Å². The zero-order chi connectivity index (χ0) is 25.7. The monoisotopic (exact) mass is 490 g/mol. The van der Waals surface area contributed by atoms with E-state index < -0.39 is 17.7 Å². The summed E-state index contributed by atoms with van der Waals surface area (Å²) < 4.78 is 31.1. The van der Waals surface area contributed by atoms with Gasteiger partial charge in [-0.2, -0.15) is 5.01 Å². The lowest BCUT2D eigenvalue weighted by Gasteiger charge is -2.17. The smallest absolute Gasteiger partial charge is 0.309 e.